The fraction of sp³-hybridized carbons (Fsp3) is 0.500. The zero-order valence-corrected chi connectivity index (χ0v) is 20.5. The maximum Gasteiger partial charge on any atom is 0.293 e. The second-order valence-electron chi connectivity index (χ2n) is 9.00. The monoisotopic (exact) mass is 487 g/mol. The standard InChI is InChI=1S/C24H33N5O4S/c1-20-6-5-7-21(18-20)27-16-14-26(15-17-27)13-10-25-23-9-8-22(19-24(23)29(30)31)34(32,33)28-11-3-2-4-12-28/h5-9,18-19,25H,2-4,10-17H2,1H3. The summed E-state index contributed by atoms with van der Waals surface area (Å²) in [5.74, 6) is 0. The number of piperazine rings is 1. The summed E-state index contributed by atoms with van der Waals surface area (Å²) in [6.07, 6.45) is 2.65. The van der Waals surface area contributed by atoms with Crippen LogP contribution in [0.4, 0.5) is 17.1 Å². The molecular formula is C24H33N5O4S. The molecule has 2 heterocycles. The molecule has 1 N–H and O–H groups in total. The van der Waals surface area contributed by atoms with Crippen LogP contribution in [0.1, 0.15) is 24.8 Å². The van der Waals surface area contributed by atoms with Crippen LogP contribution in [0.2, 0.25) is 0 Å². The van der Waals surface area contributed by atoms with Crippen LogP contribution in [0.3, 0.4) is 0 Å². The van der Waals surface area contributed by atoms with Crippen molar-refractivity contribution in [2.45, 2.75) is 31.1 Å². The highest BCUT2D eigenvalue weighted by atomic mass is 32.2. The average Bonchev–Trinajstić information content (AvgIpc) is 2.85. The van der Waals surface area contributed by atoms with E-state index < -0.39 is 14.9 Å². The number of piperidine rings is 1. The molecule has 0 bridgehead atoms. The Hall–Kier alpha value is -2.69. The molecular weight excluding hydrogens is 454 g/mol. The number of nitro groups is 1. The largest absolute Gasteiger partial charge is 0.378 e. The van der Waals surface area contributed by atoms with Crippen molar-refractivity contribution >= 4 is 27.1 Å². The Balaban J connectivity index is 1.34. The fourth-order valence-corrected chi connectivity index (χ4v) is 6.17. The molecule has 0 atom stereocenters. The molecule has 4 rings (SSSR count). The second-order valence-corrected chi connectivity index (χ2v) is 10.9. The number of sulfonamides is 1. The molecule has 2 saturated heterocycles. The lowest BCUT2D eigenvalue weighted by Crippen LogP contribution is -2.47. The first-order valence-electron chi connectivity index (χ1n) is 11.9. The van der Waals surface area contributed by atoms with Gasteiger partial charge < -0.3 is 10.2 Å². The lowest BCUT2D eigenvalue weighted by atomic mass is 10.2. The molecule has 0 unspecified atom stereocenters. The number of nitro benzene ring substituents is 1. The molecule has 0 aliphatic carbocycles. The molecule has 2 aliphatic rings. The van der Waals surface area contributed by atoms with E-state index in [1.54, 1.807) is 0 Å². The van der Waals surface area contributed by atoms with E-state index in [0.29, 0.717) is 25.3 Å². The summed E-state index contributed by atoms with van der Waals surface area (Å²) >= 11 is 0. The summed E-state index contributed by atoms with van der Waals surface area (Å²) in [5.41, 5.74) is 2.64. The number of hydrogen-bond acceptors (Lipinski definition) is 7. The number of nitrogens with one attached hydrogen (secondary N) is 1. The minimum atomic E-state index is -3.72. The van der Waals surface area contributed by atoms with Gasteiger partial charge in [0.05, 0.1) is 9.82 Å². The van der Waals surface area contributed by atoms with E-state index in [1.807, 2.05) is 0 Å². The summed E-state index contributed by atoms with van der Waals surface area (Å²) < 4.78 is 27.3. The Labute approximate surface area is 201 Å². The Morgan fingerprint density at radius 2 is 1.71 bits per heavy atom. The molecule has 2 fully saturated rings. The summed E-state index contributed by atoms with van der Waals surface area (Å²) in [6, 6.07) is 12.7. The quantitative estimate of drug-likeness (QED) is 0.450. The van der Waals surface area contributed by atoms with Crippen molar-refractivity contribution in [3.8, 4) is 0 Å². The van der Waals surface area contributed by atoms with Gasteiger partial charge in [-0.1, -0.05) is 18.6 Å². The van der Waals surface area contributed by atoms with Gasteiger partial charge in [-0.3, -0.25) is 15.0 Å². The molecule has 2 aromatic carbocycles. The van der Waals surface area contributed by atoms with Gasteiger partial charge in [0.1, 0.15) is 5.69 Å². The first-order chi connectivity index (χ1) is 16.3. The molecule has 0 radical (unpaired) electrons. The fourth-order valence-electron chi connectivity index (χ4n) is 4.63. The maximum absolute atomic E-state index is 12.9. The third-order valence-corrected chi connectivity index (χ3v) is 8.50. The van der Waals surface area contributed by atoms with Gasteiger partial charge in [-0.05, 0) is 49.6 Å². The molecule has 184 valence electrons. The Kier molecular flexibility index (Phi) is 7.70. The molecule has 2 aromatic rings. The highest BCUT2D eigenvalue weighted by Crippen LogP contribution is 2.30. The van der Waals surface area contributed by atoms with Crippen molar-refractivity contribution in [3.05, 3.63) is 58.1 Å². The van der Waals surface area contributed by atoms with Gasteiger partial charge in [0.2, 0.25) is 10.0 Å². The van der Waals surface area contributed by atoms with Crippen LogP contribution < -0.4 is 10.2 Å². The summed E-state index contributed by atoms with van der Waals surface area (Å²) in [7, 11) is -3.72. The van der Waals surface area contributed by atoms with E-state index in [0.717, 1.165) is 52.0 Å². The van der Waals surface area contributed by atoms with Crippen LogP contribution in [0.5, 0.6) is 0 Å². The highest BCUT2D eigenvalue weighted by molar-refractivity contribution is 7.89. The van der Waals surface area contributed by atoms with Crippen molar-refractivity contribution < 1.29 is 13.3 Å². The SMILES string of the molecule is Cc1cccc(N2CCN(CCNc3ccc(S(=O)(=O)N4CCCCC4)cc3[N+](=O)[O-])CC2)c1. The normalized spacial score (nSPS) is 18.1. The van der Waals surface area contributed by atoms with Crippen molar-refractivity contribution in [3.63, 3.8) is 0 Å². The van der Waals surface area contributed by atoms with Crippen LogP contribution in [0, 0.1) is 17.0 Å². The molecule has 9 nitrogen and oxygen atoms in total. The molecule has 0 spiro atoms. The first-order valence-corrected chi connectivity index (χ1v) is 13.3. The van der Waals surface area contributed by atoms with Crippen LogP contribution in [-0.4, -0.2) is 74.9 Å². The predicted molar refractivity (Wildman–Crippen MR) is 134 cm³/mol. The molecule has 0 amide bonds. The van der Waals surface area contributed by atoms with Crippen molar-refractivity contribution in [2.75, 3.05) is 62.6 Å². The second kappa shape index (κ2) is 10.7. The molecule has 2 aliphatic heterocycles. The topological polar surface area (TPSA) is 99.0 Å². The van der Waals surface area contributed by atoms with Gasteiger partial charge in [0.25, 0.3) is 5.69 Å². The van der Waals surface area contributed by atoms with Gasteiger partial charge >= 0.3 is 0 Å². The van der Waals surface area contributed by atoms with Gasteiger partial charge in [-0.15, -0.1) is 0 Å². The Morgan fingerprint density at radius 3 is 2.38 bits per heavy atom. The van der Waals surface area contributed by atoms with Gasteiger partial charge in [0.15, 0.2) is 0 Å². The number of hydrogen-bond donors (Lipinski definition) is 1. The molecule has 0 saturated carbocycles. The Bertz CT molecular complexity index is 1110. The van der Waals surface area contributed by atoms with Crippen molar-refractivity contribution in [1.82, 2.24) is 9.21 Å². The van der Waals surface area contributed by atoms with Gasteiger partial charge in [-0.25, -0.2) is 8.42 Å². The number of benzene rings is 2. The van der Waals surface area contributed by atoms with E-state index in [-0.39, 0.29) is 10.6 Å². The van der Waals surface area contributed by atoms with E-state index in [9.17, 15) is 18.5 Å². The van der Waals surface area contributed by atoms with Crippen LogP contribution in [-0.2, 0) is 10.0 Å². The predicted octanol–water partition coefficient (Wildman–Crippen LogP) is 3.31. The summed E-state index contributed by atoms with van der Waals surface area (Å²) in [5, 5.41) is 14.8. The third-order valence-electron chi connectivity index (χ3n) is 6.60. The number of anilines is 2. The highest BCUT2D eigenvalue weighted by Gasteiger charge is 2.28. The van der Waals surface area contributed by atoms with Crippen LogP contribution in [0.25, 0.3) is 0 Å². The van der Waals surface area contributed by atoms with Gasteiger partial charge in [-0.2, -0.15) is 4.31 Å². The summed E-state index contributed by atoms with van der Waals surface area (Å²) in [4.78, 5) is 15.9. The van der Waals surface area contributed by atoms with Crippen molar-refractivity contribution in [2.24, 2.45) is 0 Å². The number of rotatable bonds is 8. The van der Waals surface area contributed by atoms with E-state index in [2.05, 4.69) is 46.3 Å². The average molecular weight is 488 g/mol. The minimum absolute atomic E-state index is 0.0149. The Morgan fingerprint density at radius 1 is 0.971 bits per heavy atom. The van der Waals surface area contributed by atoms with E-state index in [1.165, 1.54) is 33.8 Å². The number of aryl methyl sites for hydroxylation is 1. The van der Waals surface area contributed by atoms with Crippen LogP contribution in [0.15, 0.2) is 47.4 Å². The lowest BCUT2D eigenvalue weighted by Gasteiger charge is -2.36. The molecule has 10 heteroatoms. The third kappa shape index (κ3) is 5.68. The minimum Gasteiger partial charge on any atom is -0.378 e. The maximum atomic E-state index is 12.9. The molecule has 34 heavy (non-hydrogen) atoms. The van der Waals surface area contributed by atoms with Crippen LogP contribution >= 0.6 is 0 Å². The molecule has 0 aromatic heterocycles. The van der Waals surface area contributed by atoms with E-state index >= 15 is 0 Å². The zero-order chi connectivity index (χ0) is 24.1. The number of nitrogens with zero attached hydrogens (tertiary/aromatic N) is 4. The van der Waals surface area contributed by atoms with E-state index in [4.69, 9.17) is 0 Å². The van der Waals surface area contributed by atoms with Gasteiger partial charge in [0, 0.05) is 64.1 Å². The lowest BCUT2D eigenvalue weighted by molar-refractivity contribution is -0.384. The summed E-state index contributed by atoms with van der Waals surface area (Å²) in [6.45, 7) is 8.05. The first kappa shape index (κ1) is 24.4. The van der Waals surface area contributed by atoms with Crippen molar-refractivity contribution in [1.29, 1.82) is 0 Å². The zero-order valence-electron chi connectivity index (χ0n) is 19.6. The smallest absolute Gasteiger partial charge is 0.293 e.